The standard InChI is InChI=1S/C11H24N2O2/c1-5-7-13(9(2)3)8-6-10(12-4)11(14)15/h9-10,12H,5-8H2,1-4H3,(H,14,15). The molecule has 0 aromatic heterocycles. The summed E-state index contributed by atoms with van der Waals surface area (Å²) in [6.07, 6.45) is 1.76. The molecule has 0 aromatic rings. The first-order chi connectivity index (χ1) is 7.02. The van der Waals surface area contributed by atoms with Gasteiger partial charge in [0.05, 0.1) is 0 Å². The maximum absolute atomic E-state index is 10.8. The van der Waals surface area contributed by atoms with Crippen molar-refractivity contribution in [1.82, 2.24) is 10.2 Å². The highest BCUT2D eigenvalue weighted by atomic mass is 16.4. The van der Waals surface area contributed by atoms with Gasteiger partial charge in [0.25, 0.3) is 0 Å². The molecule has 15 heavy (non-hydrogen) atoms. The Balaban J connectivity index is 4.01. The summed E-state index contributed by atoms with van der Waals surface area (Å²) in [5.41, 5.74) is 0. The molecule has 0 fully saturated rings. The van der Waals surface area contributed by atoms with Crippen LogP contribution in [0.4, 0.5) is 0 Å². The van der Waals surface area contributed by atoms with Crippen molar-refractivity contribution in [2.75, 3.05) is 20.1 Å². The second-order valence-corrected chi connectivity index (χ2v) is 4.10. The first-order valence-corrected chi connectivity index (χ1v) is 5.67. The van der Waals surface area contributed by atoms with Crippen LogP contribution in [0, 0.1) is 0 Å². The van der Waals surface area contributed by atoms with Gasteiger partial charge in [0.15, 0.2) is 0 Å². The van der Waals surface area contributed by atoms with Gasteiger partial charge >= 0.3 is 5.97 Å². The minimum Gasteiger partial charge on any atom is -0.480 e. The molecule has 0 spiro atoms. The third kappa shape index (κ3) is 5.74. The maximum atomic E-state index is 10.8. The third-order valence-electron chi connectivity index (χ3n) is 2.59. The van der Waals surface area contributed by atoms with Gasteiger partial charge in [0.2, 0.25) is 0 Å². The number of carbonyl (C=O) groups is 1. The summed E-state index contributed by atoms with van der Waals surface area (Å²) in [7, 11) is 1.69. The van der Waals surface area contributed by atoms with Crippen LogP contribution in [0.2, 0.25) is 0 Å². The number of carboxylic acid groups (broad SMARTS) is 1. The fraction of sp³-hybridized carbons (Fsp3) is 0.909. The Hall–Kier alpha value is -0.610. The summed E-state index contributed by atoms with van der Waals surface area (Å²) >= 11 is 0. The summed E-state index contributed by atoms with van der Waals surface area (Å²) in [6.45, 7) is 8.30. The van der Waals surface area contributed by atoms with Gasteiger partial charge in [-0.1, -0.05) is 6.92 Å². The second-order valence-electron chi connectivity index (χ2n) is 4.10. The molecule has 0 radical (unpaired) electrons. The minimum absolute atomic E-state index is 0.428. The van der Waals surface area contributed by atoms with E-state index in [1.54, 1.807) is 7.05 Å². The fourth-order valence-electron chi connectivity index (χ4n) is 1.60. The van der Waals surface area contributed by atoms with Crippen LogP contribution in [-0.4, -0.2) is 48.2 Å². The van der Waals surface area contributed by atoms with E-state index in [1.807, 2.05) is 0 Å². The molecular weight excluding hydrogens is 192 g/mol. The van der Waals surface area contributed by atoms with Crippen LogP contribution in [0.15, 0.2) is 0 Å². The molecule has 90 valence electrons. The molecule has 0 bridgehead atoms. The maximum Gasteiger partial charge on any atom is 0.320 e. The zero-order valence-corrected chi connectivity index (χ0v) is 10.3. The molecule has 0 aliphatic heterocycles. The summed E-state index contributed by atoms with van der Waals surface area (Å²) in [5.74, 6) is -0.766. The smallest absolute Gasteiger partial charge is 0.320 e. The van der Waals surface area contributed by atoms with Gasteiger partial charge in [-0.2, -0.15) is 0 Å². The largest absolute Gasteiger partial charge is 0.480 e. The molecule has 0 saturated carbocycles. The normalized spacial score (nSPS) is 13.5. The van der Waals surface area contributed by atoms with Crippen LogP contribution in [0.5, 0.6) is 0 Å². The van der Waals surface area contributed by atoms with E-state index in [9.17, 15) is 4.79 Å². The Bertz CT molecular complexity index is 183. The van der Waals surface area contributed by atoms with Crippen LogP contribution < -0.4 is 5.32 Å². The molecular formula is C11H24N2O2. The summed E-state index contributed by atoms with van der Waals surface area (Å²) in [4.78, 5) is 13.1. The molecule has 0 aliphatic rings. The molecule has 4 heteroatoms. The number of rotatable bonds is 8. The molecule has 0 heterocycles. The van der Waals surface area contributed by atoms with Gasteiger partial charge < -0.3 is 15.3 Å². The van der Waals surface area contributed by atoms with Crippen molar-refractivity contribution >= 4 is 5.97 Å². The van der Waals surface area contributed by atoms with E-state index in [-0.39, 0.29) is 0 Å². The Morgan fingerprint density at radius 1 is 1.40 bits per heavy atom. The SMILES string of the molecule is CCCN(CCC(NC)C(=O)O)C(C)C. The number of carboxylic acids is 1. The number of aliphatic carboxylic acids is 1. The lowest BCUT2D eigenvalue weighted by Crippen LogP contribution is -2.40. The zero-order valence-electron chi connectivity index (χ0n) is 10.3. The lowest BCUT2D eigenvalue weighted by atomic mass is 10.2. The lowest BCUT2D eigenvalue weighted by molar-refractivity contribution is -0.139. The van der Waals surface area contributed by atoms with Crippen LogP contribution in [0.3, 0.4) is 0 Å². The van der Waals surface area contributed by atoms with Crippen molar-refractivity contribution in [2.24, 2.45) is 0 Å². The number of nitrogens with one attached hydrogen (secondary N) is 1. The van der Waals surface area contributed by atoms with Gasteiger partial charge in [-0.15, -0.1) is 0 Å². The average Bonchev–Trinajstić information content (AvgIpc) is 2.16. The van der Waals surface area contributed by atoms with Gasteiger partial charge in [-0.3, -0.25) is 4.79 Å². The van der Waals surface area contributed by atoms with Crippen LogP contribution in [-0.2, 0) is 4.79 Å². The van der Waals surface area contributed by atoms with E-state index in [4.69, 9.17) is 5.11 Å². The Kier molecular flexibility index (Phi) is 7.34. The van der Waals surface area contributed by atoms with E-state index < -0.39 is 12.0 Å². The van der Waals surface area contributed by atoms with E-state index >= 15 is 0 Å². The molecule has 2 N–H and O–H groups in total. The topological polar surface area (TPSA) is 52.6 Å². The zero-order chi connectivity index (χ0) is 11.8. The summed E-state index contributed by atoms with van der Waals surface area (Å²) in [6, 6.07) is 0.0550. The summed E-state index contributed by atoms with van der Waals surface area (Å²) in [5, 5.41) is 11.7. The molecule has 0 amide bonds. The fourth-order valence-corrected chi connectivity index (χ4v) is 1.60. The Morgan fingerprint density at radius 3 is 2.33 bits per heavy atom. The second kappa shape index (κ2) is 7.65. The predicted molar refractivity (Wildman–Crippen MR) is 62.1 cm³/mol. The average molecular weight is 216 g/mol. The molecule has 1 unspecified atom stereocenters. The van der Waals surface area contributed by atoms with Crippen molar-refractivity contribution in [2.45, 2.75) is 45.7 Å². The Morgan fingerprint density at radius 2 is 2.00 bits per heavy atom. The first-order valence-electron chi connectivity index (χ1n) is 5.67. The third-order valence-corrected chi connectivity index (χ3v) is 2.59. The quantitative estimate of drug-likeness (QED) is 0.639. The monoisotopic (exact) mass is 216 g/mol. The minimum atomic E-state index is -0.766. The van der Waals surface area contributed by atoms with Crippen molar-refractivity contribution < 1.29 is 9.90 Å². The van der Waals surface area contributed by atoms with Crippen molar-refractivity contribution in [3.05, 3.63) is 0 Å². The molecule has 1 atom stereocenters. The molecule has 4 nitrogen and oxygen atoms in total. The number of hydrogen-bond donors (Lipinski definition) is 2. The number of likely N-dealkylation sites (N-methyl/N-ethyl adjacent to an activating group) is 1. The van der Waals surface area contributed by atoms with Crippen LogP contribution in [0.1, 0.15) is 33.6 Å². The van der Waals surface area contributed by atoms with Gasteiger partial charge in [0, 0.05) is 12.6 Å². The highest BCUT2D eigenvalue weighted by Crippen LogP contribution is 2.03. The van der Waals surface area contributed by atoms with Gasteiger partial charge in [0.1, 0.15) is 6.04 Å². The van der Waals surface area contributed by atoms with Crippen molar-refractivity contribution in [3.63, 3.8) is 0 Å². The first kappa shape index (κ1) is 14.4. The Labute approximate surface area is 92.7 Å². The van der Waals surface area contributed by atoms with Gasteiger partial charge in [-0.25, -0.2) is 0 Å². The molecule has 0 aromatic carbocycles. The van der Waals surface area contributed by atoms with E-state index in [0.717, 1.165) is 19.5 Å². The van der Waals surface area contributed by atoms with Crippen molar-refractivity contribution in [1.29, 1.82) is 0 Å². The van der Waals surface area contributed by atoms with Crippen LogP contribution in [0.25, 0.3) is 0 Å². The van der Waals surface area contributed by atoms with E-state index in [1.165, 1.54) is 0 Å². The highest BCUT2D eigenvalue weighted by molar-refractivity contribution is 5.73. The van der Waals surface area contributed by atoms with Gasteiger partial charge in [-0.05, 0) is 40.3 Å². The van der Waals surface area contributed by atoms with Crippen molar-refractivity contribution in [3.8, 4) is 0 Å². The highest BCUT2D eigenvalue weighted by Gasteiger charge is 2.17. The number of nitrogens with zero attached hydrogens (tertiary/aromatic N) is 1. The molecule has 0 saturated heterocycles. The van der Waals surface area contributed by atoms with E-state index in [2.05, 4.69) is 31.0 Å². The molecule has 0 rings (SSSR count). The number of hydrogen-bond acceptors (Lipinski definition) is 3. The van der Waals surface area contributed by atoms with Crippen LogP contribution >= 0.6 is 0 Å². The summed E-state index contributed by atoms with van der Waals surface area (Å²) < 4.78 is 0. The van der Waals surface area contributed by atoms with E-state index in [0.29, 0.717) is 12.5 Å². The lowest BCUT2D eigenvalue weighted by Gasteiger charge is -2.27. The predicted octanol–water partition coefficient (Wildman–Crippen LogP) is 1.17. The molecule has 0 aliphatic carbocycles.